The predicted octanol–water partition coefficient (Wildman–Crippen LogP) is -0.929. The number of rotatable bonds is 6. The van der Waals surface area contributed by atoms with Crippen LogP contribution in [0.4, 0.5) is 4.79 Å². The molecule has 0 aliphatic heterocycles. The number of aliphatic carboxylic acids is 1. The van der Waals surface area contributed by atoms with Crippen molar-refractivity contribution in [2.75, 3.05) is 27.2 Å². The van der Waals surface area contributed by atoms with Gasteiger partial charge in [0.2, 0.25) is 0 Å². The number of aliphatic hydroxyl groups is 1. The van der Waals surface area contributed by atoms with Crippen molar-refractivity contribution in [3.8, 4) is 0 Å². The zero-order valence-electron chi connectivity index (χ0n) is 10.6. The summed E-state index contributed by atoms with van der Waals surface area (Å²) in [5.41, 5.74) is -0.206. The van der Waals surface area contributed by atoms with E-state index >= 15 is 0 Å². The number of aliphatic hydroxyl groups excluding tert-OH is 1. The van der Waals surface area contributed by atoms with Crippen LogP contribution in [0, 0.1) is 0 Å². The molecule has 0 aliphatic rings. The highest BCUT2D eigenvalue weighted by molar-refractivity contribution is 5.76. The summed E-state index contributed by atoms with van der Waals surface area (Å²) in [6.07, 6.45) is -1.58. The Morgan fingerprint density at radius 2 is 1.82 bits per heavy atom. The first-order chi connectivity index (χ1) is 7.66. The summed E-state index contributed by atoms with van der Waals surface area (Å²) < 4.78 is 0. The Hall–Kier alpha value is -1.34. The molecule has 7 nitrogen and oxygen atoms in total. The fourth-order valence-corrected chi connectivity index (χ4v) is 0.794. The van der Waals surface area contributed by atoms with Crippen molar-refractivity contribution < 1.29 is 19.8 Å². The Morgan fingerprint density at radius 1 is 1.29 bits per heavy atom. The van der Waals surface area contributed by atoms with Crippen LogP contribution >= 0.6 is 0 Å². The molecule has 0 unspecified atom stereocenters. The number of hydrogen-bond donors (Lipinski definition) is 4. The van der Waals surface area contributed by atoms with E-state index in [4.69, 9.17) is 10.2 Å². The number of hydrogen-bond acceptors (Lipinski definition) is 4. The lowest BCUT2D eigenvalue weighted by atomic mass is 10.1. The first-order valence-corrected chi connectivity index (χ1v) is 5.27. The Kier molecular flexibility index (Phi) is 5.90. The number of nitrogens with zero attached hydrogens (tertiary/aromatic N) is 1. The van der Waals surface area contributed by atoms with Gasteiger partial charge in [-0.15, -0.1) is 0 Å². The molecule has 0 aromatic carbocycles. The highest BCUT2D eigenvalue weighted by Crippen LogP contribution is 2.07. The number of likely N-dealkylation sites (N-methyl/N-ethyl adjacent to an activating group) is 1. The maximum absolute atomic E-state index is 11.3. The van der Waals surface area contributed by atoms with E-state index in [9.17, 15) is 9.59 Å². The maximum Gasteiger partial charge on any atom is 0.334 e. The topological polar surface area (TPSA) is 102 Å². The number of carboxylic acids is 1. The van der Waals surface area contributed by atoms with Gasteiger partial charge in [0.25, 0.3) is 0 Å². The first-order valence-electron chi connectivity index (χ1n) is 5.27. The number of carbonyl (C=O) groups is 2. The van der Waals surface area contributed by atoms with Crippen molar-refractivity contribution in [3.05, 3.63) is 0 Å². The second-order valence-corrected chi connectivity index (χ2v) is 4.62. The van der Waals surface area contributed by atoms with E-state index in [0.29, 0.717) is 6.54 Å². The lowest BCUT2D eigenvalue weighted by Gasteiger charge is -2.32. The minimum absolute atomic E-state index is 0.206. The van der Waals surface area contributed by atoms with Crippen LogP contribution in [-0.4, -0.2) is 65.9 Å². The highest BCUT2D eigenvalue weighted by atomic mass is 16.4. The summed E-state index contributed by atoms with van der Waals surface area (Å²) in [7, 11) is 3.79. The van der Waals surface area contributed by atoms with Crippen LogP contribution in [0.25, 0.3) is 0 Å². The highest BCUT2D eigenvalue weighted by Gasteiger charge is 2.21. The average molecular weight is 247 g/mol. The van der Waals surface area contributed by atoms with Gasteiger partial charge >= 0.3 is 12.0 Å². The maximum atomic E-state index is 11.3. The zero-order chi connectivity index (χ0) is 13.6. The van der Waals surface area contributed by atoms with E-state index in [1.54, 1.807) is 0 Å². The molecule has 0 saturated carbocycles. The molecule has 0 bridgehead atoms. The average Bonchev–Trinajstić information content (AvgIpc) is 2.22. The molecule has 2 amide bonds. The summed E-state index contributed by atoms with van der Waals surface area (Å²) in [6.45, 7) is 4.01. The van der Waals surface area contributed by atoms with Gasteiger partial charge in [-0.3, -0.25) is 0 Å². The number of amides is 2. The third kappa shape index (κ3) is 6.08. The van der Waals surface area contributed by atoms with Crippen molar-refractivity contribution in [2.24, 2.45) is 0 Å². The zero-order valence-corrected chi connectivity index (χ0v) is 10.6. The molecular weight excluding hydrogens is 226 g/mol. The monoisotopic (exact) mass is 247 g/mol. The third-order valence-electron chi connectivity index (χ3n) is 2.63. The molecule has 1 atom stereocenters. The minimum atomic E-state index is -1.58. The van der Waals surface area contributed by atoms with Crippen LogP contribution in [0.2, 0.25) is 0 Å². The van der Waals surface area contributed by atoms with Gasteiger partial charge in [0.15, 0.2) is 6.10 Å². The molecular formula is C10H21N3O4. The number of carbonyl (C=O) groups excluding carboxylic acids is 1. The lowest BCUT2D eigenvalue weighted by molar-refractivity contribution is -0.146. The van der Waals surface area contributed by atoms with Crippen molar-refractivity contribution >= 4 is 12.0 Å². The quantitative estimate of drug-likeness (QED) is 0.486. The van der Waals surface area contributed by atoms with Gasteiger partial charge in [-0.05, 0) is 27.9 Å². The van der Waals surface area contributed by atoms with Gasteiger partial charge in [0.1, 0.15) is 0 Å². The molecule has 100 valence electrons. The second-order valence-electron chi connectivity index (χ2n) is 4.62. The molecule has 0 spiro atoms. The van der Waals surface area contributed by atoms with Gasteiger partial charge in [-0.25, -0.2) is 9.59 Å². The Morgan fingerprint density at radius 3 is 2.24 bits per heavy atom. The summed E-state index contributed by atoms with van der Waals surface area (Å²) >= 11 is 0. The summed E-state index contributed by atoms with van der Waals surface area (Å²) in [6, 6.07) is -0.500. The molecule has 0 heterocycles. The Labute approximate surface area is 101 Å². The van der Waals surface area contributed by atoms with Gasteiger partial charge in [-0.2, -0.15) is 0 Å². The van der Waals surface area contributed by atoms with Gasteiger partial charge in [0.05, 0.1) is 6.54 Å². The van der Waals surface area contributed by atoms with E-state index in [2.05, 4.69) is 10.6 Å². The van der Waals surface area contributed by atoms with Crippen LogP contribution in [0.3, 0.4) is 0 Å². The van der Waals surface area contributed by atoms with Crippen molar-refractivity contribution in [1.29, 1.82) is 0 Å². The third-order valence-corrected chi connectivity index (χ3v) is 2.63. The molecule has 17 heavy (non-hydrogen) atoms. The fourth-order valence-electron chi connectivity index (χ4n) is 0.794. The molecule has 0 saturated heterocycles. The predicted molar refractivity (Wildman–Crippen MR) is 62.8 cm³/mol. The van der Waals surface area contributed by atoms with E-state index in [1.165, 1.54) is 0 Å². The molecule has 0 radical (unpaired) electrons. The number of carboxylic acid groups (broad SMARTS) is 1. The van der Waals surface area contributed by atoms with Crippen LogP contribution in [0.15, 0.2) is 0 Å². The molecule has 7 heteroatoms. The molecule has 4 N–H and O–H groups in total. The fraction of sp³-hybridized carbons (Fsp3) is 0.800. The van der Waals surface area contributed by atoms with Crippen LogP contribution < -0.4 is 10.6 Å². The van der Waals surface area contributed by atoms with Crippen LogP contribution in [0.5, 0.6) is 0 Å². The molecule has 0 aliphatic carbocycles. The van der Waals surface area contributed by atoms with Crippen LogP contribution in [-0.2, 0) is 4.79 Å². The minimum Gasteiger partial charge on any atom is -0.479 e. The standard InChI is InChI=1S/C10H21N3O4/c1-10(2,13(3)4)6-12-9(17)11-5-7(14)8(15)16/h7,14H,5-6H2,1-4H3,(H,15,16)(H2,11,12,17)/t7-/m0/s1. The van der Waals surface area contributed by atoms with Crippen LogP contribution in [0.1, 0.15) is 13.8 Å². The normalized spacial score (nSPS) is 13.3. The molecule has 0 rings (SSSR count). The Balaban J connectivity index is 3.93. The van der Waals surface area contributed by atoms with Crippen molar-refractivity contribution in [1.82, 2.24) is 15.5 Å². The second kappa shape index (κ2) is 6.41. The smallest absolute Gasteiger partial charge is 0.334 e. The SMILES string of the molecule is CN(C)C(C)(C)CNC(=O)NC[C@H](O)C(=O)O. The molecule has 0 aromatic heterocycles. The Bertz CT molecular complexity index is 279. The van der Waals surface area contributed by atoms with Gasteiger partial charge < -0.3 is 25.7 Å². The first kappa shape index (κ1) is 15.7. The van der Waals surface area contributed by atoms with E-state index in [1.807, 2.05) is 32.8 Å². The summed E-state index contributed by atoms with van der Waals surface area (Å²) in [5, 5.41) is 22.2. The van der Waals surface area contributed by atoms with E-state index in [-0.39, 0.29) is 12.1 Å². The number of urea groups is 1. The largest absolute Gasteiger partial charge is 0.479 e. The van der Waals surface area contributed by atoms with Gasteiger partial charge in [0, 0.05) is 12.1 Å². The number of nitrogens with one attached hydrogen (secondary N) is 2. The van der Waals surface area contributed by atoms with Gasteiger partial charge in [-0.1, -0.05) is 0 Å². The van der Waals surface area contributed by atoms with E-state index in [0.717, 1.165) is 0 Å². The molecule has 0 aromatic rings. The van der Waals surface area contributed by atoms with Crippen molar-refractivity contribution in [3.63, 3.8) is 0 Å². The van der Waals surface area contributed by atoms with E-state index < -0.39 is 18.1 Å². The molecule has 0 fully saturated rings. The lowest BCUT2D eigenvalue weighted by Crippen LogP contribution is -2.51. The summed E-state index contributed by atoms with van der Waals surface area (Å²) in [5.74, 6) is -1.36. The van der Waals surface area contributed by atoms with Crippen molar-refractivity contribution in [2.45, 2.75) is 25.5 Å². The summed E-state index contributed by atoms with van der Waals surface area (Å²) in [4.78, 5) is 23.5.